The lowest BCUT2D eigenvalue weighted by atomic mass is 9.92. The van der Waals surface area contributed by atoms with Gasteiger partial charge in [0.1, 0.15) is 0 Å². The van der Waals surface area contributed by atoms with Crippen molar-refractivity contribution in [2.24, 2.45) is 5.92 Å². The van der Waals surface area contributed by atoms with Crippen molar-refractivity contribution in [3.05, 3.63) is 30.1 Å². The molecule has 3 nitrogen and oxygen atoms in total. The van der Waals surface area contributed by atoms with Gasteiger partial charge in [-0.3, -0.25) is 9.88 Å². The van der Waals surface area contributed by atoms with Crippen molar-refractivity contribution in [2.75, 3.05) is 19.6 Å². The molecule has 1 N–H and O–H groups in total. The molecule has 1 aromatic heterocycles. The summed E-state index contributed by atoms with van der Waals surface area (Å²) in [5, 5.41) is 3.67. The molecule has 1 atom stereocenters. The van der Waals surface area contributed by atoms with Crippen LogP contribution in [0.2, 0.25) is 0 Å². The molecule has 1 saturated heterocycles. The predicted molar refractivity (Wildman–Crippen MR) is 80.2 cm³/mol. The molecule has 0 aliphatic carbocycles. The SMILES string of the molecule is CC(C)C1CNC(C)(C)CN1CCc1ccncc1. The van der Waals surface area contributed by atoms with Crippen LogP contribution in [0.5, 0.6) is 0 Å². The number of hydrogen-bond acceptors (Lipinski definition) is 3. The number of nitrogens with one attached hydrogen (secondary N) is 1. The van der Waals surface area contributed by atoms with Gasteiger partial charge in [0.05, 0.1) is 0 Å². The van der Waals surface area contributed by atoms with Gasteiger partial charge in [-0.25, -0.2) is 0 Å². The van der Waals surface area contributed by atoms with Gasteiger partial charge in [-0.1, -0.05) is 13.8 Å². The van der Waals surface area contributed by atoms with Crippen LogP contribution in [-0.2, 0) is 6.42 Å². The van der Waals surface area contributed by atoms with Gasteiger partial charge in [-0.15, -0.1) is 0 Å². The van der Waals surface area contributed by atoms with E-state index in [1.165, 1.54) is 5.56 Å². The van der Waals surface area contributed by atoms with E-state index in [9.17, 15) is 0 Å². The molecule has 1 unspecified atom stereocenters. The molecular weight excluding hydrogens is 234 g/mol. The molecule has 0 bridgehead atoms. The monoisotopic (exact) mass is 261 g/mol. The first-order valence-corrected chi connectivity index (χ1v) is 7.36. The Balaban J connectivity index is 1.98. The van der Waals surface area contributed by atoms with Crippen molar-refractivity contribution in [3.8, 4) is 0 Å². The third kappa shape index (κ3) is 4.02. The fraction of sp³-hybridized carbons (Fsp3) is 0.688. The third-order valence-corrected chi connectivity index (χ3v) is 4.06. The van der Waals surface area contributed by atoms with Crippen LogP contribution in [0.1, 0.15) is 33.3 Å². The zero-order chi connectivity index (χ0) is 13.9. The van der Waals surface area contributed by atoms with Gasteiger partial charge in [0.2, 0.25) is 0 Å². The van der Waals surface area contributed by atoms with Crippen molar-refractivity contribution in [2.45, 2.75) is 45.7 Å². The van der Waals surface area contributed by atoms with E-state index in [-0.39, 0.29) is 5.54 Å². The average molecular weight is 261 g/mol. The highest BCUT2D eigenvalue weighted by Gasteiger charge is 2.33. The minimum Gasteiger partial charge on any atom is -0.309 e. The Labute approximate surface area is 117 Å². The highest BCUT2D eigenvalue weighted by atomic mass is 15.2. The number of nitrogens with zero attached hydrogens (tertiary/aromatic N) is 2. The third-order valence-electron chi connectivity index (χ3n) is 4.06. The first-order chi connectivity index (χ1) is 8.98. The first kappa shape index (κ1) is 14.5. The first-order valence-electron chi connectivity index (χ1n) is 7.36. The maximum Gasteiger partial charge on any atom is 0.0270 e. The second-order valence-corrected chi connectivity index (χ2v) is 6.65. The zero-order valence-corrected chi connectivity index (χ0v) is 12.7. The number of aromatic nitrogens is 1. The summed E-state index contributed by atoms with van der Waals surface area (Å²) in [4.78, 5) is 6.74. The van der Waals surface area contributed by atoms with Crippen LogP contribution in [0.15, 0.2) is 24.5 Å². The van der Waals surface area contributed by atoms with E-state index in [1.807, 2.05) is 12.4 Å². The molecule has 106 valence electrons. The number of pyridine rings is 1. The molecule has 0 aromatic carbocycles. The largest absolute Gasteiger partial charge is 0.309 e. The molecule has 0 radical (unpaired) electrons. The second-order valence-electron chi connectivity index (χ2n) is 6.65. The molecule has 1 aliphatic heterocycles. The molecule has 2 rings (SSSR count). The summed E-state index contributed by atoms with van der Waals surface area (Å²) < 4.78 is 0. The summed E-state index contributed by atoms with van der Waals surface area (Å²) >= 11 is 0. The summed E-state index contributed by atoms with van der Waals surface area (Å²) in [5.41, 5.74) is 1.61. The Bertz CT molecular complexity index is 386. The van der Waals surface area contributed by atoms with Crippen molar-refractivity contribution in [3.63, 3.8) is 0 Å². The molecule has 1 fully saturated rings. The number of piperazine rings is 1. The van der Waals surface area contributed by atoms with Gasteiger partial charge in [0.15, 0.2) is 0 Å². The van der Waals surface area contributed by atoms with E-state index in [0.29, 0.717) is 12.0 Å². The Kier molecular flexibility index (Phi) is 4.58. The average Bonchev–Trinajstić information content (AvgIpc) is 2.36. The summed E-state index contributed by atoms with van der Waals surface area (Å²) in [6, 6.07) is 4.89. The van der Waals surface area contributed by atoms with Crippen LogP contribution in [0.4, 0.5) is 0 Å². The molecule has 0 saturated carbocycles. The van der Waals surface area contributed by atoms with E-state index < -0.39 is 0 Å². The fourth-order valence-electron chi connectivity index (χ4n) is 2.92. The second kappa shape index (κ2) is 6.02. The van der Waals surface area contributed by atoms with Crippen molar-refractivity contribution in [1.82, 2.24) is 15.2 Å². The minimum absolute atomic E-state index is 0.226. The summed E-state index contributed by atoms with van der Waals surface area (Å²) in [6.45, 7) is 12.6. The van der Waals surface area contributed by atoms with Crippen molar-refractivity contribution < 1.29 is 0 Å². The van der Waals surface area contributed by atoms with E-state index in [4.69, 9.17) is 0 Å². The van der Waals surface area contributed by atoms with Gasteiger partial charge in [-0.2, -0.15) is 0 Å². The van der Waals surface area contributed by atoms with Crippen LogP contribution in [0.25, 0.3) is 0 Å². The summed E-state index contributed by atoms with van der Waals surface area (Å²) in [7, 11) is 0. The van der Waals surface area contributed by atoms with Gasteiger partial charge in [-0.05, 0) is 43.9 Å². The van der Waals surface area contributed by atoms with Gasteiger partial charge in [0.25, 0.3) is 0 Å². The van der Waals surface area contributed by atoms with Crippen LogP contribution >= 0.6 is 0 Å². The number of rotatable bonds is 4. The normalized spacial score (nSPS) is 23.7. The maximum absolute atomic E-state index is 4.08. The molecule has 1 aliphatic rings. The quantitative estimate of drug-likeness (QED) is 0.901. The maximum atomic E-state index is 4.08. The lowest BCUT2D eigenvalue weighted by Gasteiger charge is -2.46. The Hall–Kier alpha value is -0.930. The van der Waals surface area contributed by atoms with E-state index in [1.54, 1.807) is 0 Å². The van der Waals surface area contributed by atoms with Crippen LogP contribution < -0.4 is 5.32 Å². The molecular formula is C16H27N3. The van der Waals surface area contributed by atoms with E-state index >= 15 is 0 Å². The summed E-state index contributed by atoms with van der Waals surface area (Å²) in [6.07, 6.45) is 4.88. The Morgan fingerprint density at radius 3 is 2.68 bits per heavy atom. The summed E-state index contributed by atoms with van der Waals surface area (Å²) in [5.74, 6) is 0.695. The van der Waals surface area contributed by atoms with E-state index in [0.717, 1.165) is 26.1 Å². The highest BCUT2D eigenvalue weighted by molar-refractivity contribution is 5.10. The Morgan fingerprint density at radius 2 is 2.05 bits per heavy atom. The lowest BCUT2D eigenvalue weighted by molar-refractivity contribution is 0.0705. The van der Waals surface area contributed by atoms with Gasteiger partial charge < -0.3 is 5.32 Å². The van der Waals surface area contributed by atoms with E-state index in [2.05, 4.69) is 55.0 Å². The standard InChI is InChI=1S/C16H27N3/c1-13(2)15-11-18-16(3,4)12-19(15)10-7-14-5-8-17-9-6-14/h5-6,8-9,13,15,18H,7,10-12H2,1-4H3. The molecule has 19 heavy (non-hydrogen) atoms. The molecule has 2 heterocycles. The smallest absolute Gasteiger partial charge is 0.0270 e. The van der Waals surface area contributed by atoms with Crippen molar-refractivity contribution in [1.29, 1.82) is 0 Å². The molecule has 3 heteroatoms. The molecule has 1 aromatic rings. The van der Waals surface area contributed by atoms with Gasteiger partial charge in [0, 0.05) is 43.6 Å². The molecule has 0 amide bonds. The minimum atomic E-state index is 0.226. The Morgan fingerprint density at radius 1 is 1.37 bits per heavy atom. The predicted octanol–water partition coefficient (Wildman–Crippen LogP) is 2.33. The zero-order valence-electron chi connectivity index (χ0n) is 12.7. The topological polar surface area (TPSA) is 28.2 Å². The lowest BCUT2D eigenvalue weighted by Crippen LogP contribution is -2.63. The van der Waals surface area contributed by atoms with Crippen LogP contribution in [-0.4, -0.2) is 41.1 Å². The van der Waals surface area contributed by atoms with Gasteiger partial charge >= 0.3 is 0 Å². The fourth-order valence-corrected chi connectivity index (χ4v) is 2.92. The highest BCUT2D eigenvalue weighted by Crippen LogP contribution is 2.20. The number of hydrogen-bond donors (Lipinski definition) is 1. The van der Waals surface area contributed by atoms with Crippen molar-refractivity contribution >= 4 is 0 Å². The van der Waals surface area contributed by atoms with Crippen LogP contribution in [0.3, 0.4) is 0 Å². The molecule has 0 spiro atoms. The van der Waals surface area contributed by atoms with Crippen LogP contribution in [0, 0.1) is 5.92 Å².